The zero-order chi connectivity index (χ0) is 22.6. The number of hydrogen-bond acceptors (Lipinski definition) is 5. The van der Waals surface area contributed by atoms with E-state index in [1.807, 2.05) is 25.6 Å². The van der Waals surface area contributed by atoms with Crippen LogP contribution in [0.1, 0.15) is 29.8 Å². The van der Waals surface area contributed by atoms with Crippen molar-refractivity contribution in [2.75, 3.05) is 26.3 Å². The van der Waals surface area contributed by atoms with Crippen LogP contribution < -0.4 is 10.5 Å². The number of nitrogens with zero attached hydrogens (tertiary/aromatic N) is 3. The topological polar surface area (TPSA) is 99.7 Å². The van der Waals surface area contributed by atoms with Crippen molar-refractivity contribution in [2.45, 2.75) is 38.7 Å². The lowest BCUT2D eigenvalue weighted by Gasteiger charge is -2.42. The normalized spacial score (nSPS) is 18.8. The number of ether oxygens (including phenoxy) is 2. The van der Waals surface area contributed by atoms with Crippen LogP contribution in [0.2, 0.25) is 5.02 Å². The molecule has 0 aliphatic carbocycles. The van der Waals surface area contributed by atoms with Crippen LogP contribution in [-0.4, -0.2) is 58.4 Å². The van der Waals surface area contributed by atoms with Crippen molar-refractivity contribution in [1.29, 1.82) is 0 Å². The van der Waals surface area contributed by atoms with Gasteiger partial charge in [0.1, 0.15) is 18.0 Å². The van der Waals surface area contributed by atoms with E-state index in [0.717, 1.165) is 17.0 Å². The highest BCUT2D eigenvalue weighted by Crippen LogP contribution is 2.26. The molecule has 1 aliphatic heterocycles. The minimum absolute atomic E-state index is 0.00583. The van der Waals surface area contributed by atoms with E-state index in [-0.39, 0.29) is 25.5 Å². The first kappa shape index (κ1) is 23.1. The molecule has 8 nitrogen and oxygen atoms in total. The molecule has 0 bridgehead atoms. The SMILES string of the molecule is Cc1nn(C)c(C)c1CCC(=O)N1CCOC(COc2ccc(Cl)cc2)(CC(N)=O)C1. The Bertz CT molecular complexity index is 944. The Labute approximate surface area is 187 Å². The van der Waals surface area contributed by atoms with E-state index < -0.39 is 11.5 Å². The second-order valence-electron chi connectivity index (χ2n) is 8.01. The fraction of sp³-hybridized carbons (Fsp3) is 0.500. The molecule has 1 aliphatic rings. The Morgan fingerprint density at radius 1 is 1.29 bits per heavy atom. The molecular weight excluding hydrogens is 420 g/mol. The predicted octanol–water partition coefficient (Wildman–Crippen LogP) is 2.17. The summed E-state index contributed by atoms with van der Waals surface area (Å²) in [7, 11) is 1.90. The van der Waals surface area contributed by atoms with E-state index in [9.17, 15) is 9.59 Å². The Hall–Kier alpha value is -2.58. The number of aromatic nitrogens is 2. The van der Waals surface area contributed by atoms with Crippen LogP contribution >= 0.6 is 11.6 Å². The number of carbonyl (C=O) groups is 2. The van der Waals surface area contributed by atoms with Gasteiger partial charge in [0.25, 0.3) is 0 Å². The van der Waals surface area contributed by atoms with Crippen molar-refractivity contribution in [3.63, 3.8) is 0 Å². The van der Waals surface area contributed by atoms with Gasteiger partial charge < -0.3 is 20.1 Å². The van der Waals surface area contributed by atoms with E-state index in [4.69, 9.17) is 26.8 Å². The molecular formula is C22H29ClN4O4. The van der Waals surface area contributed by atoms with E-state index in [1.165, 1.54) is 0 Å². The van der Waals surface area contributed by atoms with Crippen LogP contribution in [0.5, 0.6) is 5.75 Å². The van der Waals surface area contributed by atoms with Gasteiger partial charge in [-0.15, -0.1) is 0 Å². The quantitative estimate of drug-likeness (QED) is 0.667. The standard InChI is InChI=1S/C22H29ClN4O4/c1-15-19(16(2)26(3)25-15)8-9-21(29)27-10-11-31-22(13-27,12-20(24)28)14-30-18-6-4-17(23)5-7-18/h4-7H,8-14H2,1-3H3,(H2,24,28). The summed E-state index contributed by atoms with van der Waals surface area (Å²) in [6.45, 7) is 5.07. The van der Waals surface area contributed by atoms with Gasteiger partial charge in [0.05, 0.1) is 25.3 Å². The van der Waals surface area contributed by atoms with Gasteiger partial charge in [-0.1, -0.05) is 11.6 Å². The van der Waals surface area contributed by atoms with Crippen molar-refractivity contribution in [3.05, 3.63) is 46.2 Å². The maximum Gasteiger partial charge on any atom is 0.223 e. The number of benzene rings is 1. The number of carbonyl (C=O) groups excluding carboxylic acids is 2. The van der Waals surface area contributed by atoms with E-state index >= 15 is 0 Å². The molecule has 168 valence electrons. The number of hydrogen-bond donors (Lipinski definition) is 1. The van der Waals surface area contributed by atoms with E-state index in [2.05, 4.69) is 5.10 Å². The minimum atomic E-state index is -0.987. The molecule has 2 heterocycles. The van der Waals surface area contributed by atoms with Gasteiger partial charge in [-0.05, 0) is 50.1 Å². The molecule has 2 aromatic rings. The van der Waals surface area contributed by atoms with Gasteiger partial charge in [0.15, 0.2) is 0 Å². The molecule has 0 radical (unpaired) electrons. The highest BCUT2D eigenvalue weighted by atomic mass is 35.5. The molecule has 0 spiro atoms. The lowest BCUT2D eigenvalue weighted by Crippen LogP contribution is -2.58. The first-order valence-corrected chi connectivity index (χ1v) is 10.6. The van der Waals surface area contributed by atoms with Gasteiger partial charge in [0, 0.05) is 30.7 Å². The average molecular weight is 449 g/mol. The van der Waals surface area contributed by atoms with Gasteiger partial charge in [-0.3, -0.25) is 14.3 Å². The zero-order valence-electron chi connectivity index (χ0n) is 18.2. The molecule has 1 unspecified atom stereocenters. The Morgan fingerprint density at radius 2 is 2.00 bits per heavy atom. The summed E-state index contributed by atoms with van der Waals surface area (Å²) >= 11 is 5.91. The van der Waals surface area contributed by atoms with Gasteiger partial charge in [-0.25, -0.2) is 0 Å². The van der Waals surface area contributed by atoms with Crippen molar-refractivity contribution in [1.82, 2.24) is 14.7 Å². The number of morpholine rings is 1. The van der Waals surface area contributed by atoms with Gasteiger partial charge >= 0.3 is 0 Å². The molecule has 1 saturated heterocycles. The number of nitrogens with two attached hydrogens (primary N) is 1. The van der Waals surface area contributed by atoms with Crippen molar-refractivity contribution >= 4 is 23.4 Å². The Morgan fingerprint density at radius 3 is 2.61 bits per heavy atom. The number of aryl methyl sites for hydroxylation is 2. The van der Waals surface area contributed by atoms with Crippen LogP contribution in [0.4, 0.5) is 0 Å². The lowest BCUT2D eigenvalue weighted by atomic mass is 9.97. The summed E-state index contributed by atoms with van der Waals surface area (Å²) in [6, 6.07) is 6.92. The number of rotatable bonds is 8. The number of amides is 2. The highest BCUT2D eigenvalue weighted by molar-refractivity contribution is 6.30. The van der Waals surface area contributed by atoms with E-state index in [1.54, 1.807) is 29.2 Å². The van der Waals surface area contributed by atoms with Gasteiger partial charge in [0.2, 0.25) is 11.8 Å². The summed E-state index contributed by atoms with van der Waals surface area (Å²) in [6.07, 6.45) is 0.940. The van der Waals surface area contributed by atoms with Crippen LogP contribution in [0, 0.1) is 13.8 Å². The maximum absolute atomic E-state index is 13.0. The molecule has 9 heteroatoms. The van der Waals surface area contributed by atoms with Crippen LogP contribution in [0.25, 0.3) is 0 Å². The van der Waals surface area contributed by atoms with Gasteiger partial charge in [-0.2, -0.15) is 5.10 Å². The molecule has 3 rings (SSSR count). The maximum atomic E-state index is 13.0. The summed E-state index contributed by atoms with van der Waals surface area (Å²) in [5.41, 5.74) is 7.59. The highest BCUT2D eigenvalue weighted by Gasteiger charge is 2.40. The molecule has 31 heavy (non-hydrogen) atoms. The second-order valence-corrected chi connectivity index (χ2v) is 8.44. The minimum Gasteiger partial charge on any atom is -0.490 e. The third-order valence-corrected chi connectivity index (χ3v) is 5.91. The van der Waals surface area contributed by atoms with E-state index in [0.29, 0.717) is 36.8 Å². The largest absolute Gasteiger partial charge is 0.490 e. The predicted molar refractivity (Wildman–Crippen MR) is 117 cm³/mol. The summed E-state index contributed by atoms with van der Waals surface area (Å²) in [5, 5.41) is 5.01. The van der Waals surface area contributed by atoms with Crippen LogP contribution in [-0.2, 0) is 27.8 Å². The third kappa shape index (κ3) is 5.77. The lowest BCUT2D eigenvalue weighted by molar-refractivity contribution is -0.161. The monoisotopic (exact) mass is 448 g/mol. The molecule has 1 fully saturated rings. The first-order chi connectivity index (χ1) is 14.7. The van der Waals surface area contributed by atoms with Crippen LogP contribution in [0.15, 0.2) is 24.3 Å². The first-order valence-electron chi connectivity index (χ1n) is 10.3. The van der Waals surface area contributed by atoms with Crippen molar-refractivity contribution in [2.24, 2.45) is 12.8 Å². The smallest absolute Gasteiger partial charge is 0.223 e. The summed E-state index contributed by atoms with van der Waals surface area (Å²) in [4.78, 5) is 26.4. The third-order valence-electron chi connectivity index (χ3n) is 5.66. The summed E-state index contributed by atoms with van der Waals surface area (Å²) < 4.78 is 13.6. The second kappa shape index (κ2) is 9.70. The number of primary amides is 1. The van der Waals surface area contributed by atoms with Crippen LogP contribution in [0.3, 0.4) is 0 Å². The zero-order valence-corrected chi connectivity index (χ0v) is 18.9. The molecule has 0 saturated carbocycles. The molecule has 2 N–H and O–H groups in total. The Kier molecular flexibility index (Phi) is 7.23. The molecule has 1 aromatic carbocycles. The average Bonchev–Trinajstić information content (AvgIpc) is 2.96. The van der Waals surface area contributed by atoms with Crippen molar-refractivity contribution < 1.29 is 19.1 Å². The number of halogens is 1. The molecule has 1 atom stereocenters. The fourth-order valence-electron chi connectivity index (χ4n) is 3.94. The fourth-order valence-corrected chi connectivity index (χ4v) is 4.06. The molecule has 2 amide bonds. The Balaban J connectivity index is 1.66. The molecule has 1 aromatic heterocycles. The van der Waals surface area contributed by atoms with Crippen molar-refractivity contribution in [3.8, 4) is 5.75 Å². The summed E-state index contributed by atoms with van der Waals surface area (Å²) in [5.74, 6) is 0.102.